The van der Waals surface area contributed by atoms with Crippen LogP contribution in [-0.4, -0.2) is 47.3 Å². The lowest BCUT2D eigenvalue weighted by Crippen LogP contribution is -2.39. The lowest BCUT2D eigenvalue weighted by Gasteiger charge is -2.33. The lowest BCUT2D eigenvalue weighted by atomic mass is 10.1. The zero-order valence-corrected chi connectivity index (χ0v) is 12.6. The first kappa shape index (κ1) is 15.9. The van der Waals surface area contributed by atoms with Gasteiger partial charge in [-0.25, -0.2) is 4.98 Å². The summed E-state index contributed by atoms with van der Waals surface area (Å²) >= 11 is 0. The Kier molecular flexibility index (Phi) is 5.19. The minimum atomic E-state index is -2.80. The molecule has 5 nitrogen and oxygen atoms in total. The fourth-order valence-corrected chi connectivity index (χ4v) is 2.65. The number of hydrogen-bond donors (Lipinski definition) is 0. The van der Waals surface area contributed by atoms with Crippen LogP contribution >= 0.6 is 0 Å². The van der Waals surface area contributed by atoms with Crippen LogP contribution in [0.5, 0.6) is 5.75 Å². The molecule has 124 valence electrons. The highest BCUT2D eigenvalue weighted by molar-refractivity contribution is 5.29. The van der Waals surface area contributed by atoms with Crippen LogP contribution in [0.25, 0.3) is 0 Å². The summed E-state index contributed by atoms with van der Waals surface area (Å²) < 4.78 is 36.5. The molecule has 0 unspecified atom stereocenters. The zero-order valence-electron chi connectivity index (χ0n) is 12.6. The summed E-state index contributed by atoms with van der Waals surface area (Å²) in [6.07, 6.45) is 5.47. The molecule has 3 rings (SSSR count). The second kappa shape index (κ2) is 7.52. The van der Waals surface area contributed by atoms with Gasteiger partial charge < -0.3 is 14.0 Å². The molecule has 1 aliphatic heterocycles. The first-order chi connectivity index (χ1) is 11.2. The minimum absolute atomic E-state index is 0.0489. The fraction of sp³-hybridized carbons (Fsp3) is 0.438. The number of hydrogen-bond acceptors (Lipinski definition) is 4. The summed E-state index contributed by atoms with van der Waals surface area (Å²) in [6.45, 7) is 1.33. The molecule has 2 aromatic rings. The van der Waals surface area contributed by atoms with Crippen molar-refractivity contribution >= 4 is 0 Å². The number of imidazole rings is 1. The number of nitrogens with zero attached hydrogens (tertiary/aromatic N) is 3. The van der Waals surface area contributed by atoms with Crippen molar-refractivity contribution in [1.82, 2.24) is 14.5 Å². The molecule has 1 atom stereocenters. The minimum Gasteiger partial charge on any atom is -0.435 e. The van der Waals surface area contributed by atoms with Gasteiger partial charge in [0.15, 0.2) is 0 Å². The number of morpholine rings is 1. The monoisotopic (exact) mass is 323 g/mol. The molecule has 0 N–H and O–H groups in total. The molecule has 23 heavy (non-hydrogen) atoms. The lowest BCUT2D eigenvalue weighted by molar-refractivity contribution is -0.0500. The summed E-state index contributed by atoms with van der Waals surface area (Å²) in [6, 6.07) is 6.66. The number of benzene rings is 1. The maximum atomic E-state index is 12.2. The average molecular weight is 323 g/mol. The average Bonchev–Trinajstić information content (AvgIpc) is 3.07. The van der Waals surface area contributed by atoms with Crippen molar-refractivity contribution in [2.24, 2.45) is 0 Å². The molecule has 1 fully saturated rings. The largest absolute Gasteiger partial charge is 0.435 e. The Morgan fingerprint density at radius 3 is 2.78 bits per heavy atom. The molecule has 0 bridgehead atoms. The Morgan fingerprint density at radius 2 is 2.09 bits per heavy atom. The Hall–Kier alpha value is -1.99. The molecule has 1 aromatic heterocycles. The zero-order chi connectivity index (χ0) is 16.1. The second-order valence-corrected chi connectivity index (χ2v) is 5.41. The molecule has 0 aliphatic carbocycles. The predicted molar refractivity (Wildman–Crippen MR) is 80.4 cm³/mol. The second-order valence-electron chi connectivity index (χ2n) is 5.41. The van der Waals surface area contributed by atoms with E-state index in [0.29, 0.717) is 6.61 Å². The number of rotatable bonds is 6. The molecular formula is C16H19F2N3O2. The third kappa shape index (κ3) is 4.49. The molecule has 7 heteroatoms. The molecule has 0 spiro atoms. The van der Waals surface area contributed by atoms with E-state index in [1.165, 1.54) is 0 Å². The number of halogens is 2. The van der Waals surface area contributed by atoms with Crippen LogP contribution in [0.15, 0.2) is 43.0 Å². The van der Waals surface area contributed by atoms with Gasteiger partial charge in [0.25, 0.3) is 0 Å². The first-order valence-electron chi connectivity index (χ1n) is 7.55. The van der Waals surface area contributed by atoms with Gasteiger partial charge in [0.1, 0.15) is 5.75 Å². The van der Waals surface area contributed by atoms with Crippen molar-refractivity contribution in [2.75, 3.05) is 26.2 Å². The normalized spacial score (nSPS) is 19.2. The van der Waals surface area contributed by atoms with E-state index >= 15 is 0 Å². The highest BCUT2D eigenvalue weighted by atomic mass is 19.3. The van der Waals surface area contributed by atoms with Crippen molar-refractivity contribution in [3.8, 4) is 5.75 Å². The number of alkyl halides is 2. The van der Waals surface area contributed by atoms with Crippen molar-refractivity contribution in [2.45, 2.75) is 19.3 Å². The van der Waals surface area contributed by atoms with Gasteiger partial charge in [-0.3, -0.25) is 4.90 Å². The summed E-state index contributed by atoms with van der Waals surface area (Å²) in [5.74, 6) is 0.163. The molecule has 1 aliphatic rings. The van der Waals surface area contributed by atoms with Gasteiger partial charge >= 0.3 is 6.61 Å². The molecule has 1 saturated heterocycles. The molecule has 0 saturated carbocycles. The van der Waals surface area contributed by atoms with E-state index in [9.17, 15) is 8.78 Å². The summed E-state index contributed by atoms with van der Waals surface area (Å²) in [4.78, 5) is 6.36. The Labute approximate surface area is 133 Å². The highest BCUT2D eigenvalue weighted by Crippen LogP contribution is 2.24. The summed E-state index contributed by atoms with van der Waals surface area (Å²) in [5, 5.41) is 0. The standard InChI is InChI=1S/C16H19F2N3O2/c17-16(18)23-14-3-1-13(2-4-14)15-11-20(9-10-22-15)7-8-21-6-5-19-12-21/h1-6,12,15-16H,7-11H2/t15-/m0/s1. The van der Waals surface area contributed by atoms with E-state index in [1.54, 1.807) is 36.8 Å². The first-order valence-corrected chi connectivity index (χ1v) is 7.55. The number of aromatic nitrogens is 2. The van der Waals surface area contributed by atoms with Gasteiger partial charge in [-0.05, 0) is 17.7 Å². The smallest absolute Gasteiger partial charge is 0.387 e. The van der Waals surface area contributed by atoms with Crippen molar-refractivity contribution in [1.29, 1.82) is 0 Å². The topological polar surface area (TPSA) is 39.5 Å². The van der Waals surface area contributed by atoms with E-state index < -0.39 is 6.61 Å². The molecule has 2 heterocycles. The van der Waals surface area contributed by atoms with Gasteiger partial charge in [0, 0.05) is 38.6 Å². The maximum Gasteiger partial charge on any atom is 0.387 e. The summed E-state index contributed by atoms with van der Waals surface area (Å²) in [5.41, 5.74) is 0.971. The van der Waals surface area contributed by atoms with Crippen LogP contribution in [0.4, 0.5) is 8.78 Å². The van der Waals surface area contributed by atoms with Crippen molar-refractivity contribution in [3.05, 3.63) is 48.5 Å². The van der Waals surface area contributed by atoms with E-state index in [1.807, 2.05) is 10.8 Å². The SMILES string of the molecule is FC(F)Oc1ccc([C@@H]2CN(CCn3ccnc3)CCO2)cc1. The van der Waals surface area contributed by atoms with E-state index in [4.69, 9.17) is 4.74 Å². The molecule has 0 amide bonds. The van der Waals surface area contributed by atoms with E-state index in [2.05, 4.69) is 14.6 Å². The van der Waals surface area contributed by atoms with Crippen LogP contribution in [0.2, 0.25) is 0 Å². The van der Waals surface area contributed by atoms with Crippen LogP contribution in [0.3, 0.4) is 0 Å². The van der Waals surface area contributed by atoms with Crippen LogP contribution in [0, 0.1) is 0 Å². The van der Waals surface area contributed by atoms with Gasteiger partial charge in [-0.1, -0.05) is 12.1 Å². The Balaban J connectivity index is 1.55. The summed E-state index contributed by atoms with van der Waals surface area (Å²) in [7, 11) is 0. The highest BCUT2D eigenvalue weighted by Gasteiger charge is 2.21. The number of ether oxygens (including phenoxy) is 2. The van der Waals surface area contributed by atoms with E-state index in [-0.39, 0.29) is 11.9 Å². The Bertz CT molecular complexity index is 590. The van der Waals surface area contributed by atoms with Gasteiger partial charge in [-0.2, -0.15) is 8.78 Å². The van der Waals surface area contributed by atoms with Crippen LogP contribution in [0.1, 0.15) is 11.7 Å². The molecule has 1 aromatic carbocycles. The van der Waals surface area contributed by atoms with Gasteiger partial charge in [-0.15, -0.1) is 0 Å². The maximum absolute atomic E-state index is 12.2. The molecule has 0 radical (unpaired) electrons. The predicted octanol–water partition coefficient (Wildman–Crippen LogP) is 2.56. The Morgan fingerprint density at radius 1 is 1.26 bits per heavy atom. The van der Waals surface area contributed by atoms with Crippen LogP contribution in [-0.2, 0) is 11.3 Å². The van der Waals surface area contributed by atoms with Gasteiger partial charge in [0.2, 0.25) is 0 Å². The fourth-order valence-electron chi connectivity index (χ4n) is 2.65. The van der Waals surface area contributed by atoms with Crippen LogP contribution < -0.4 is 4.74 Å². The molecular weight excluding hydrogens is 304 g/mol. The van der Waals surface area contributed by atoms with E-state index in [0.717, 1.165) is 31.7 Å². The quantitative estimate of drug-likeness (QED) is 0.819. The van der Waals surface area contributed by atoms with Crippen molar-refractivity contribution < 1.29 is 18.3 Å². The third-order valence-electron chi connectivity index (χ3n) is 3.86. The van der Waals surface area contributed by atoms with Crippen molar-refractivity contribution in [3.63, 3.8) is 0 Å². The van der Waals surface area contributed by atoms with Gasteiger partial charge in [0.05, 0.1) is 19.0 Å². The third-order valence-corrected chi connectivity index (χ3v) is 3.86.